The molecule has 1 atom stereocenters. The van der Waals surface area contributed by atoms with Crippen LogP contribution < -0.4 is 0 Å². The summed E-state index contributed by atoms with van der Waals surface area (Å²) in [6.07, 6.45) is 0.214. The van der Waals surface area contributed by atoms with E-state index < -0.39 is 0 Å². The number of para-hydroxylation sites is 2. The van der Waals surface area contributed by atoms with Gasteiger partial charge in [0.1, 0.15) is 0 Å². The average Bonchev–Trinajstić information content (AvgIpc) is 3.69. The molecular formula is C56H39N5. The number of hydrogen-bond donors (Lipinski definition) is 0. The standard InChI is InChI=1S/C56H39N5/c1-5-18-38(19-6-1)49-36-51(59-55(57-49)40-22-9-3-10-23-40)44-32-43(42-26-17-27-46(35-42)61-53-30-15-13-28-47(53)48-29-14-16-31-54(48)61)33-45(34-44)52-37-50(39-20-7-2-8-21-39)58-56(60-52)41-24-11-4-12-25-41/h1-36,56H,37H2. The van der Waals surface area contributed by atoms with E-state index in [9.17, 15) is 0 Å². The molecule has 0 bridgehead atoms. The van der Waals surface area contributed by atoms with Crippen molar-refractivity contribution >= 4 is 33.2 Å². The van der Waals surface area contributed by atoms with Crippen LogP contribution in [0.15, 0.2) is 228 Å². The van der Waals surface area contributed by atoms with Gasteiger partial charge in [0.25, 0.3) is 0 Å². The molecule has 0 N–H and O–H groups in total. The van der Waals surface area contributed by atoms with Crippen LogP contribution in [0.25, 0.3) is 72.5 Å². The summed E-state index contributed by atoms with van der Waals surface area (Å²) in [5, 5.41) is 2.47. The van der Waals surface area contributed by atoms with Gasteiger partial charge < -0.3 is 4.57 Å². The number of aromatic nitrogens is 3. The van der Waals surface area contributed by atoms with Crippen molar-refractivity contribution in [1.82, 2.24) is 14.5 Å². The third-order valence-corrected chi connectivity index (χ3v) is 11.5. The lowest BCUT2D eigenvalue weighted by atomic mass is 9.92. The molecule has 11 rings (SSSR count). The lowest BCUT2D eigenvalue weighted by Crippen LogP contribution is -2.18. The van der Waals surface area contributed by atoms with Gasteiger partial charge in [-0.3, -0.25) is 9.98 Å². The fourth-order valence-corrected chi connectivity index (χ4v) is 8.53. The van der Waals surface area contributed by atoms with E-state index in [0.717, 1.165) is 73.0 Å². The normalized spacial score (nSPS) is 13.9. The van der Waals surface area contributed by atoms with Gasteiger partial charge in [-0.1, -0.05) is 170 Å². The summed E-state index contributed by atoms with van der Waals surface area (Å²) in [7, 11) is 0. The molecule has 1 aliphatic rings. The van der Waals surface area contributed by atoms with Crippen molar-refractivity contribution in [2.75, 3.05) is 0 Å². The first kappa shape index (κ1) is 36.1. The molecule has 0 aliphatic carbocycles. The first-order valence-electron chi connectivity index (χ1n) is 20.7. The molecule has 288 valence electrons. The van der Waals surface area contributed by atoms with E-state index in [1.807, 2.05) is 30.3 Å². The summed E-state index contributed by atoms with van der Waals surface area (Å²) in [6, 6.07) is 76.6. The van der Waals surface area contributed by atoms with Crippen molar-refractivity contribution in [1.29, 1.82) is 0 Å². The zero-order chi connectivity index (χ0) is 40.5. The largest absolute Gasteiger partial charge is 0.309 e. The molecule has 0 radical (unpaired) electrons. The zero-order valence-electron chi connectivity index (χ0n) is 33.3. The van der Waals surface area contributed by atoms with Crippen molar-refractivity contribution in [3.05, 3.63) is 235 Å². The van der Waals surface area contributed by atoms with E-state index in [1.165, 1.54) is 21.8 Å². The molecule has 61 heavy (non-hydrogen) atoms. The molecule has 1 aliphatic heterocycles. The summed E-state index contributed by atoms with van der Waals surface area (Å²) >= 11 is 0. The van der Waals surface area contributed by atoms with Gasteiger partial charge in [0, 0.05) is 39.6 Å². The second kappa shape index (κ2) is 15.6. The molecule has 2 aromatic heterocycles. The topological polar surface area (TPSA) is 55.4 Å². The van der Waals surface area contributed by atoms with Gasteiger partial charge in [0.05, 0.1) is 33.8 Å². The lowest BCUT2D eigenvalue weighted by molar-refractivity contribution is 0.764. The molecule has 0 amide bonds. The molecule has 1 unspecified atom stereocenters. The number of nitrogens with zero attached hydrogens (tertiary/aromatic N) is 5. The van der Waals surface area contributed by atoms with E-state index in [2.05, 4.69) is 193 Å². The van der Waals surface area contributed by atoms with Crippen LogP contribution in [0.3, 0.4) is 0 Å². The Morgan fingerprint density at radius 3 is 1.51 bits per heavy atom. The van der Waals surface area contributed by atoms with E-state index in [0.29, 0.717) is 12.2 Å². The predicted molar refractivity (Wildman–Crippen MR) is 251 cm³/mol. The molecule has 5 heteroatoms. The first-order valence-corrected chi connectivity index (χ1v) is 20.7. The second-order valence-electron chi connectivity index (χ2n) is 15.4. The lowest BCUT2D eigenvalue weighted by Gasteiger charge is -2.22. The predicted octanol–water partition coefficient (Wildman–Crippen LogP) is 13.6. The molecule has 0 saturated heterocycles. The molecule has 10 aromatic rings. The molecule has 0 saturated carbocycles. The van der Waals surface area contributed by atoms with E-state index in [1.54, 1.807) is 0 Å². The molecular weight excluding hydrogens is 743 g/mol. The zero-order valence-corrected chi connectivity index (χ0v) is 33.3. The van der Waals surface area contributed by atoms with Gasteiger partial charge in [-0.2, -0.15) is 0 Å². The van der Waals surface area contributed by atoms with Crippen LogP contribution in [-0.4, -0.2) is 26.0 Å². The van der Waals surface area contributed by atoms with Gasteiger partial charge in [-0.15, -0.1) is 0 Å². The van der Waals surface area contributed by atoms with Gasteiger partial charge in [0.15, 0.2) is 12.0 Å². The van der Waals surface area contributed by atoms with Crippen LogP contribution >= 0.6 is 0 Å². The van der Waals surface area contributed by atoms with Crippen LogP contribution in [0, 0.1) is 0 Å². The van der Waals surface area contributed by atoms with Crippen molar-refractivity contribution in [2.24, 2.45) is 9.98 Å². The van der Waals surface area contributed by atoms with E-state index in [4.69, 9.17) is 20.0 Å². The second-order valence-corrected chi connectivity index (χ2v) is 15.4. The van der Waals surface area contributed by atoms with Crippen molar-refractivity contribution in [3.63, 3.8) is 0 Å². The van der Waals surface area contributed by atoms with Gasteiger partial charge in [-0.25, -0.2) is 9.97 Å². The quantitative estimate of drug-likeness (QED) is 0.154. The monoisotopic (exact) mass is 781 g/mol. The maximum absolute atomic E-state index is 5.42. The maximum Gasteiger partial charge on any atom is 0.165 e. The fourth-order valence-electron chi connectivity index (χ4n) is 8.53. The minimum Gasteiger partial charge on any atom is -0.309 e. The highest BCUT2D eigenvalue weighted by atomic mass is 15.0. The number of aliphatic imine (C=N–C) groups is 2. The van der Waals surface area contributed by atoms with Gasteiger partial charge in [-0.05, 0) is 76.3 Å². The molecule has 0 spiro atoms. The Morgan fingerprint density at radius 2 is 0.852 bits per heavy atom. The maximum atomic E-state index is 5.42. The smallest absolute Gasteiger partial charge is 0.165 e. The minimum absolute atomic E-state index is 0.376. The highest BCUT2D eigenvalue weighted by Gasteiger charge is 2.23. The number of hydrogen-bond acceptors (Lipinski definition) is 4. The fraction of sp³-hybridized carbons (Fsp3) is 0.0357. The highest BCUT2D eigenvalue weighted by Crippen LogP contribution is 2.37. The Labute approximate surface area is 354 Å². The van der Waals surface area contributed by atoms with Crippen LogP contribution in [0.1, 0.15) is 29.3 Å². The Balaban J connectivity index is 1.12. The van der Waals surface area contributed by atoms with Crippen LogP contribution in [-0.2, 0) is 0 Å². The summed E-state index contributed by atoms with van der Waals surface area (Å²) in [5.41, 5.74) is 15.5. The summed E-state index contributed by atoms with van der Waals surface area (Å²) in [4.78, 5) is 21.1. The van der Waals surface area contributed by atoms with Crippen molar-refractivity contribution in [3.8, 4) is 50.7 Å². The SMILES string of the molecule is c1ccc(C2=NC(c3ccccc3)N=C(c3cc(-c4cccc(-n5c6ccccc6c6ccccc65)c4)cc(-c4cc(-c5ccccc5)nc(-c5ccccc5)n4)c3)C2)cc1. The summed E-state index contributed by atoms with van der Waals surface area (Å²) in [5.74, 6) is 0.676. The van der Waals surface area contributed by atoms with E-state index >= 15 is 0 Å². The number of benzene rings is 8. The number of fused-ring (bicyclic) bond motifs is 3. The van der Waals surface area contributed by atoms with Gasteiger partial charge in [0.2, 0.25) is 0 Å². The van der Waals surface area contributed by atoms with Crippen LogP contribution in [0.5, 0.6) is 0 Å². The molecule has 5 nitrogen and oxygen atoms in total. The summed E-state index contributed by atoms with van der Waals surface area (Å²) in [6.45, 7) is 0. The first-order chi connectivity index (χ1) is 30.2. The van der Waals surface area contributed by atoms with Crippen LogP contribution in [0.2, 0.25) is 0 Å². The van der Waals surface area contributed by atoms with Crippen molar-refractivity contribution < 1.29 is 0 Å². The van der Waals surface area contributed by atoms with E-state index in [-0.39, 0.29) is 6.17 Å². The number of rotatable bonds is 8. The highest BCUT2D eigenvalue weighted by molar-refractivity contribution is 6.19. The molecule has 3 heterocycles. The third kappa shape index (κ3) is 7.02. The Morgan fingerprint density at radius 1 is 0.361 bits per heavy atom. The third-order valence-electron chi connectivity index (χ3n) is 11.5. The Bertz CT molecular complexity index is 3150. The molecule has 0 fully saturated rings. The summed E-state index contributed by atoms with van der Waals surface area (Å²) < 4.78 is 2.37. The van der Waals surface area contributed by atoms with Gasteiger partial charge >= 0.3 is 0 Å². The van der Waals surface area contributed by atoms with Crippen molar-refractivity contribution in [2.45, 2.75) is 12.6 Å². The average molecular weight is 782 g/mol. The van der Waals surface area contributed by atoms with Crippen LogP contribution in [0.4, 0.5) is 0 Å². The minimum atomic E-state index is -0.376. The molecule has 8 aromatic carbocycles. The Kier molecular flexibility index (Phi) is 9.24. The Hall–Kier alpha value is -8.02.